The molecule has 1 fully saturated rings. The van der Waals surface area contributed by atoms with Crippen molar-refractivity contribution in [2.24, 2.45) is 0 Å². The molecule has 4 rings (SSSR count). The summed E-state index contributed by atoms with van der Waals surface area (Å²) in [7, 11) is 0. The lowest BCUT2D eigenvalue weighted by Crippen LogP contribution is -2.27. The Morgan fingerprint density at radius 3 is 2.59 bits per heavy atom. The van der Waals surface area contributed by atoms with Gasteiger partial charge in [0.1, 0.15) is 5.37 Å². The molecule has 2 aromatic rings. The van der Waals surface area contributed by atoms with Crippen LogP contribution in [0.15, 0.2) is 42.5 Å². The third-order valence-corrected chi connectivity index (χ3v) is 6.95. The molecule has 2 amide bonds. The van der Waals surface area contributed by atoms with Crippen molar-refractivity contribution in [2.75, 3.05) is 22.8 Å². The number of nitrogens with zero attached hydrogens (tertiary/aromatic N) is 1. The van der Waals surface area contributed by atoms with Crippen LogP contribution in [0.25, 0.3) is 0 Å². The maximum Gasteiger partial charge on any atom is 0.238 e. The number of carbonyl (C=O) groups excluding carboxylic acids is 2. The summed E-state index contributed by atoms with van der Waals surface area (Å²) in [4.78, 5) is 26.7. The number of hydrogen-bond donors (Lipinski definition) is 1. The van der Waals surface area contributed by atoms with Crippen LogP contribution >= 0.6 is 11.8 Å². The average molecular weight is 455 g/mol. The SMILES string of the molecule is CCCCCCCCC(=O)Nc1ccc(C2SCC(=O)N2c2ccc3c(c2)OCO3)cc1. The molecule has 32 heavy (non-hydrogen) atoms. The van der Waals surface area contributed by atoms with Gasteiger partial charge in [-0.15, -0.1) is 11.8 Å². The highest BCUT2D eigenvalue weighted by Gasteiger charge is 2.34. The van der Waals surface area contributed by atoms with Crippen molar-refractivity contribution in [3.63, 3.8) is 0 Å². The summed E-state index contributed by atoms with van der Waals surface area (Å²) in [6, 6.07) is 13.4. The van der Waals surface area contributed by atoms with Gasteiger partial charge in [0, 0.05) is 23.9 Å². The molecular weight excluding hydrogens is 424 g/mol. The first-order valence-corrected chi connectivity index (χ1v) is 12.4. The summed E-state index contributed by atoms with van der Waals surface area (Å²) >= 11 is 1.60. The van der Waals surface area contributed by atoms with E-state index < -0.39 is 0 Å². The van der Waals surface area contributed by atoms with Gasteiger partial charge in [-0.3, -0.25) is 14.5 Å². The predicted molar refractivity (Wildman–Crippen MR) is 128 cm³/mol. The number of nitrogens with one attached hydrogen (secondary N) is 1. The lowest BCUT2D eigenvalue weighted by atomic mass is 10.1. The van der Waals surface area contributed by atoms with E-state index in [0.717, 1.165) is 29.8 Å². The molecule has 170 valence electrons. The Bertz CT molecular complexity index is 947. The van der Waals surface area contributed by atoms with Crippen LogP contribution < -0.4 is 19.7 Å². The van der Waals surface area contributed by atoms with E-state index in [2.05, 4.69) is 12.2 Å². The van der Waals surface area contributed by atoms with Crippen molar-refractivity contribution in [3.8, 4) is 11.5 Å². The van der Waals surface area contributed by atoms with E-state index in [1.54, 1.807) is 16.7 Å². The standard InChI is InChI=1S/C25H30N2O4S/c1-2-3-4-5-6-7-8-23(28)26-19-11-9-18(10-12-19)25-27(24(29)16-32-25)20-13-14-21-22(15-20)31-17-30-21/h9-15,25H,2-8,16-17H2,1H3,(H,26,28). The first kappa shape index (κ1) is 22.5. The quantitative estimate of drug-likeness (QED) is 0.454. The monoisotopic (exact) mass is 454 g/mol. The average Bonchev–Trinajstić information content (AvgIpc) is 3.42. The fourth-order valence-corrected chi connectivity index (χ4v) is 5.18. The zero-order valence-corrected chi connectivity index (χ0v) is 19.3. The topological polar surface area (TPSA) is 67.9 Å². The second kappa shape index (κ2) is 10.8. The maximum absolute atomic E-state index is 12.6. The molecule has 2 aromatic carbocycles. The summed E-state index contributed by atoms with van der Waals surface area (Å²) in [5.41, 5.74) is 2.60. The van der Waals surface area contributed by atoms with Crippen LogP contribution in [0, 0.1) is 0 Å². The third kappa shape index (κ3) is 5.38. The van der Waals surface area contributed by atoms with Gasteiger partial charge in [-0.05, 0) is 36.2 Å². The molecule has 1 unspecified atom stereocenters. The highest BCUT2D eigenvalue weighted by molar-refractivity contribution is 8.00. The van der Waals surface area contributed by atoms with Gasteiger partial charge in [0.25, 0.3) is 0 Å². The number of rotatable bonds is 10. The fourth-order valence-electron chi connectivity index (χ4n) is 4.01. The summed E-state index contributed by atoms with van der Waals surface area (Å²) in [6.07, 6.45) is 7.55. The number of thioether (sulfide) groups is 1. The van der Waals surface area contributed by atoms with E-state index in [9.17, 15) is 9.59 Å². The highest BCUT2D eigenvalue weighted by Crippen LogP contribution is 2.44. The van der Waals surface area contributed by atoms with Gasteiger partial charge in [0.15, 0.2) is 11.5 Å². The van der Waals surface area contributed by atoms with Crippen molar-refractivity contribution in [1.82, 2.24) is 0 Å². The van der Waals surface area contributed by atoms with Crippen LogP contribution in [-0.2, 0) is 9.59 Å². The minimum atomic E-state index is -0.115. The van der Waals surface area contributed by atoms with Gasteiger partial charge >= 0.3 is 0 Å². The maximum atomic E-state index is 12.6. The van der Waals surface area contributed by atoms with Crippen molar-refractivity contribution in [1.29, 1.82) is 0 Å². The summed E-state index contributed by atoms with van der Waals surface area (Å²) < 4.78 is 10.9. The summed E-state index contributed by atoms with van der Waals surface area (Å²) in [5.74, 6) is 1.91. The van der Waals surface area contributed by atoms with Gasteiger partial charge in [-0.1, -0.05) is 51.2 Å². The molecule has 1 N–H and O–H groups in total. The van der Waals surface area contributed by atoms with E-state index in [1.165, 1.54) is 25.7 Å². The number of unbranched alkanes of at least 4 members (excludes halogenated alkanes) is 5. The minimum absolute atomic E-state index is 0.0562. The number of benzene rings is 2. The minimum Gasteiger partial charge on any atom is -0.454 e. The van der Waals surface area contributed by atoms with Crippen LogP contribution in [0.5, 0.6) is 11.5 Å². The smallest absolute Gasteiger partial charge is 0.238 e. The van der Waals surface area contributed by atoms with Gasteiger partial charge in [0.2, 0.25) is 18.6 Å². The lowest BCUT2D eigenvalue weighted by Gasteiger charge is -2.24. The van der Waals surface area contributed by atoms with Crippen molar-refractivity contribution < 1.29 is 19.1 Å². The summed E-state index contributed by atoms with van der Waals surface area (Å²) in [6.45, 7) is 2.41. The van der Waals surface area contributed by atoms with Crippen molar-refractivity contribution in [3.05, 3.63) is 48.0 Å². The molecule has 0 aliphatic carbocycles. The molecule has 2 aliphatic rings. The molecule has 1 saturated heterocycles. The Kier molecular flexibility index (Phi) is 7.58. The number of carbonyl (C=O) groups is 2. The van der Waals surface area contributed by atoms with E-state index in [0.29, 0.717) is 23.7 Å². The van der Waals surface area contributed by atoms with Crippen LogP contribution in [0.2, 0.25) is 0 Å². The predicted octanol–water partition coefficient (Wildman–Crippen LogP) is 5.88. The molecule has 0 bridgehead atoms. The molecule has 0 radical (unpaired) electrons. The zero-order chi connectivity index (χ0) is 22.3. The van der Waals surface area contributed by atoms with E-state index >= 15 is 0 Å². The van der Waals surface area contributed by atoms with Crippen LogP contribution in [0.1, 0.15) is 62.8 Å². The molecule has 0 aromatic heterocycles. The largest absolute Gasteiger partial charge is 0.454 e. The zero-order valence-electron chi connectivity index (χ0n) is 18.5. The third-order valence-electron chi connectivity index (χ3n) is 5.74. The molecule has 6 nitrogen and oxygen atoms in total. The Labute approximate surface area is 193 Å². The molecule has 0 spiro atoms. The number of anilines is 2. The molecule has 2 aliphatic heterocycles. The van der Waals surface area contributed by atoms with E-state index in [1.807, 2.05) is 42.5 Å². The first-order chi connectivity index (χ1) is 15.7. The molecular formula is C25H30N2O4S. The first-order valence-electron chi connectivity index (χ1n) is 11.4. The van der Waals surface area contributed by atoms with Crippen molar-refractivity contribution >= 4 is 35.0 Å². The van der Waals surface area contributed by atoms with Crippen LogP contribution in [-0.4, -0.2) is 24.4 Å². The molecule has 2 heterocycles. The van der Waals surface area contributed by atoms with Gasteiger partial charge in [-0.25, -0.2) is 0 Å². The van der Waals surface area contributed by atoms with Gasteiger partial charge in [0.05, 0.1) is 5.75 Å². The van der Waals surface area contributed by atoms with Crippen LogP contribution in [0.4, 0.5) is 11.4 Å². The summed E-state index contributed by atoms with van der Waals surface area (Å²) in [5, 5.41) is 2.87. The fraction of sp³-hybridized carbons (Fsp3) is 0.440. The Balaban J connectivity index is 1.34. The van der Waals surface area contributed by atoms with E-state index in [4.69, 9.17) is 9.47 Å². The molecule has 7 heteroatoms. The second-order valence-corrected chi connectivity index (χ2v) is 9.22. The number of amides is 2. The Hall–Kier alpha value is -2.67. The van der Waals surface area contributed by atoms with E-state index in [-0.39, 0.29) is 24.0 Å². The Morgan fingerprint density at radius 1 is 1.03 bits per heavy atom. The van der Waals surface area contributed by atoms with Gasteiger partial charge < -0.3 is 14.8 Å². The highest BCUT2D eigenvalue weighted by atomic mass is 32.2. The van der Waals surface area contributed by atoms with Crippen LogP contribution in [0.3, 0.4) is 0 Å². The number of fused-ring (bicyclic) bond motifs is 1. The van der Waals surface area contributed by atoms with Gasteiger partial charge in [-0.2, -0.15) is 0 Å². The second-order valence-electron chi connectivity index (χ2n) is 8.15. The molecule has 0 saturated carbocycles. The normalized spacial score (nSPS) is 17.1. The number of hydrogen-bond acceptors (Lipinski definition) is 5. The lowest BCUT2D eigenvalue weighted by molar-refractivity contribution is -0.116. The number of ether oxygens (including phenoxy) is 2. The Morgan fingerprint density at radius 2 is 1.78 bits per heavy atom. The molecule has 1 atom stereocenters. The van der Waals surface area contributed by atoms with Crippen molar-refractivity contribution in [2.45, 2.75) is 57.2 Å².